The Kier molecular flexibility index (Phi) is 3.50. The van der Waals surface area contributed by atoms with E-state index in [1.807, 2.05) is 6.07 Å². The molecule has 8 heteroatoms. The molecule has 25 heavy (non-hydrogen) atoms. The maximum absolute atomic E-state index is 10.1. The fraction of sp³-hybridized carbons (Fsp3) is 0.529. The van der Waals surface area contributed by atoms with Gasteiger partial charge in [0.05, 0.1) is 27.9 Å². The van der Waals surface area contributed by atoms with E-state index in [4.69, 9.17) is 14.9 Å². The minimum Gasteiger partial charge on any atom is -0.447 e. The molecule has 1 saturated carbocycles. The molecule has 1 aromatic rings. The molecule has 4 atom stereocenters. The van der Waals surface area contributed by atoms with Crippen molar-refractivity contribution in [1.82, 2.24) is 0 Å². The summed E-state index contributed by atoms with van der Waals surface area (Å²) in [5.41, 5.74) is -3.44. The quantitative estimate of drug-likeness (QED) is 0.741. The lowest BCUT2D eigenvalue weighted by molar-refractivity contribution is -0.293. The Morgan fingerprint density at radius 3 is 2.56 bits per heavy atom. The van der Waals surface area contributed by atoms with Gasteiger partial charge in [-0.1, -0.05) is 6.42 Å². The van der Waals surface area contributed by atoms with Crippen molar-refractivity contribution in [3.8, 4) is 18.2 Å². The zero-order valence-electron chi connectivity index (χ0n) is 13.1. The Balaban J connectivity index is 2.01. The minimum atomic E-state index is -1.83. The number of halogens is 1. The fourth-order valence-electron chi connectivity index (χ4n) is 4.58. The number of nitrogens with zero attached hydrogens (tertiary/aromatic N) is 3. The van der Waals surface area contributed by atoms with Crippen LogP contribution in [0.25, 0.3) is 0 Å². The van der Waals surface area contributed by atoms with Crippen LogP contribution in [0.1, 0.15) is 36.7 Å². The van der Waals surface area contributed by atoms with Gasteiger partial charge in [-0.15, -0.1) is 11.3 Å². The number of thiophene rings is 1. The van der Waals surface area contributed by atoms with E-state index in [0.717, 1.165) is 16.6 Å². The van der Waals surface area contributed by atoms with Crippen LogP contribution < -0.4 is 0 Å². The highest BCUT2D eigenvalue weighted by atomic mass is 79.9. The Hall–Kier alpha value is -1.92. The monoisotopic (exact) mass is 416 g/mol. The summed E-state index contributed by atoms with van der Waals surface area (Å²) >= 11 is 4.75. The number of hydrogen-bond donors (Lipinski definition) is 1. The van der Waals surface area contributed by atoms with Gasteiger partial charge in [0.1, 0.15) is 6.10 Å². The van der Waals surface area contributed by atoms with Crippen LogP contribution in [-0.2, 0) is 9.47 Å². The first-order valence-electron chi connectivity index (χ1n) is 7.94. The first-order valence-corrected chi connectivity index (χ1v) is 9.55. The molecule has 4 unspecified atom stereocenters. The van der Waals surface area contributed by atoms with Gasteiger partial charge < -0.3 is 9.47 Å². The van der Waals surface area contributed by atoms with E-state index in [9.17, 15) is 15.8 Å². The second-order valence-electron chi connectivity index (χ2n) is 6.63. The van der Waals surface area contributed by atoms with E-state index in [-0.39, 0.29) is 5.90 Å². The molecule has 1 aliphatic carbocycles. The van der Waals surface area contributed by atoms with Gasteiger partial charge in [-0.2, -0.15) is 15.8 Å². The second-order valence-corrected chi connectivity index (χ2v) is 9.13. The molecular formula is C17H13BrN4O2S. The lowest BCUT2D eigenvalue weighted by Crippen LogP contribution is -2.60. The largest absolute Gasteiger partial charge is 0.447 e. The van der Waals surface area contributed by atoms with E-state index < -0.39 is 28.6 Å². The van der Waals surface area contributed by atoms with E-state index >= 15 is 0 Å². The van der Waals surface area contributed by atoms with Crippen molar-refractivity contribution in [3.05, 3.63) is 20.8 Å². The van der Waals surface area contributed by atoms with Crippen molar-refractivity contribution in [2.45, 2.75) is 37.6 Å². The first-order chi connectivity index (χ1) is 12.0. The van der Waals surface area contributed by atoms with E-state index in [0.29, 0.717) is 17.7 Å². The lowest BCUT2D eigenvalue weighted by atomic mass is 9.52. The average Bonchev–Trinajstić information content (AvgIpc) is 3.13. The molecule has 4 rings (SSSR count). The summed E-state index contributed by atoms with van der Waals surface area (Å²) in [7, 11) is 0. The molecule has 3 heterocycles. The molecule has 2 saturated heterocycles. The predicted octanol–water partition coefficient (Wildman–Crippen LogP) is 4.02. The third kappa shape index (κ3) is 1.76. The van der Waals surface area contributed by atoms with Gasteiger partial charge in [-0.05, 0) is 40.9 Å². The Morgan fingerprint density at radius 2 is 1.96 bits per heavy atom. The molecule has 2 aliphatic heterocycles. The summed E-state index contributed by atoms with van der Waals surface area (Å²) in [5, 5.41) is 38.6. The summed E-state index contributed by atoms with van der Waals surface area (Å²) < 4.78 is 13.0. The smallest absolute Gasteiger partial charge is 0.217 e. The lowest BCUT2D eigenvalue weighted by Gasteiger charge is -2.51. The normalized spacial score (nSPS) is 37.9. The van der Waals surface area contributed by atoms with Crippen LogP contribution in [-0.4, -0.2) is 11.7 Å². The van der Waals surface area contributed by atoms with Crippen molar-refractivity contribution in [2.24, 2.45) is 16.7 Å². The zero-order valence-corrected chi connectivity index (χ0v) is 15.5. The van der Waals surface area contributed by atoms with Crippen LogP contribution in [0.2, 0.25) is 0 Å². The fourth-order valence-corrected chi connectivity index (χ4v) is 6.11. The van der Waals surface area contributed by atoms with Crippen LogP contribution in [0.4, 0.5) is 0 Å². The van der Waals surface area contributed by atoms with Gasteiger partial charge in [0.2, 0.25) is 17.1 Å². The molecular weight excluding hydrogens is 404 g/mol. The molecule has 1 N–H and O–H groups in total. The van der Waals surface area contributed by atoms with E-state index in [1.165, 1.54) is 11.3 Å². The number of ether oxygens (including phenoxy) is 2. The van der Waals surface area contributed by atoms with Gasteiger partial charge in [0.15, 0.2) is 5.41 Å². The van der Waals surface area contributed by atoms with Crippen LogP contribution in [0.5, 0.6) is 0 Å². The highest BCUT2D eigenvalue weighted by molar-refractivity contribution is 9.11. The second kappa shape index (κ2) is 5.29. The standard InChI is InChI=1S/C17H13BrN4O2S/c18-12-5-4-10(25-12)13-15(7-19,8-20)16(9-21)11-3-1-2-6-17(11,23-13)24-14(16)22/h4-5,11,13,22H,1-3,6H2. The van der Waals surface area contributed by atoms with Crippen LogP contribution in [0.15, 0.2) is 15.9 Å². The highest BCUT2D eigenvalue weighted by Gasteiger charge is 2.80. The van der Waals surface area contributed by atoms with Crippen molar-refractivity contribution >= 4 is 33.2 Å². The average molecular weight is 417 g/mol. The van der Waals surface area contributed by atoms with Gasteiger partial charge in [-0.3, -0.25) is 5.41 Å². The van der Waals surface area contributed by atoms with Gasteiger partial charge >= 0.3 is 0 Å². The molecule has 0 aromatic carbocycles. The van der Waals surface area contributed by atoms with Crippen LogP contribution in [0, 0.1) is 56.2 Å². The molecule has 0 spiro atoms. The van der Waals surface area contributed by atoms with Crippen molar-refractivity contribution in [1.29, 1.82) is 21.2 Å². The number of hydrogen-bond acceptors (Lipinski definition) is 7. The summed E-state index contributed by atoms with van der Waals surface area (Å²) in [4.78, 5) is 0.677. The summed E-state index contributed by atoms with van der Waals surface area (Å²) in [5.74, 6) is -1.88. The van der Waals surface area contributed by atoms with Crippen LogP contribution >= 0.6 is 27.3 Å². The Morgan fingerprint density at radius 1 is 1.20 bits per heavy atom. The number of nitrogens with one attached hydrogen (secondary N) is 1. The van der Waals surface area contributed by atoms with Gasteiger partial charge in [0.25, 0.3) is 0 Å². The maximum Gasteiger partial charge on any atom is 0.217 e. The van der Waals surface area contributed by atoms with Gasteiger partial charge in [-0.25, -0.2) is 0 Å². The molecule has 0 radical (unpaired) electrons. The van der Waals surface area contributed by atoms with E-state index in [1.54, 1.807) is 6.07 Å². The zero-order chi connectivity index (χ0) is 17.9. The van der Waals surface area contributed by atoms with E-state index in [2.05, 4.69) is 34.1 Å². The molecule has 0 amide bonds. The molecule has 2 bridgehead atoms. The molecule has 3 aliphatic rings. The van der Waals surface area contributed by atoms with Crippen molar-refractivity contribution in [3.63, 3.8) is 0 Å². The SMILES string of the molecule is N#CC1(C#N)C(c2ccc(Br)s2)OC23CCCCC2C1(C#N)C(=N)O3. The number of nitriles is 3. The highest BCUT2D eigenvalue weighted by Crippen LogP contribution is 2.69. The number of rotatable bonds is 1. The summed E-state index contributed by atoms with van der Waals surface area (Å²) in [6.45, 7) is 0. The molecule has 1 aromatic heterocycles. The molecule has 6 nitrogen and oxygen atoms in total. The molecule has 126 valence electrons. The van der Waals surface area contributed by atoms with Crippen LogP contribution in [0.3, 0.4) is 0 Å². The summed E-state index contributed by atoms with van der Waals surface area (Å²) in [6.07, 6.45) is 1.94. The summed E-state index contributed by atoms with van der Waals surface area (Å²) in [6, 6.07) is 9.91. The van der Waals surface area contributed by atoms with Crippen molar-refractivity contribution in [2.75, 3.05) is 0 Å². The third-order valence-corrected chi connectivity index (χ3v) is 7.34. The topological polar surface area (TPSA) is 114 Å². The minimum absolute atomic E-state index is 0.303. The molecule has 3 fully saturated rings. The third-order valence-electron chi connectivity index (χ3n) is 5.67. The predicted molar refractivity (Wildman–Crippen MR) is 91.1 cm³/mol. The Bertz CT molecular complexity index is 880. The Labute approximate surface area is 157 Å². The van der Waals surface area contributed by atoms with Crippen molar-refractivity contribution < 1.29 is 9.47 Å². The van der Waals surface area contributed by atoms with Gasteiger partial charge in [0, 0.05) is 11.3 Å². The first kappa shape index (κ1) is 16.5. The maximum atomic E-state index is 10.1.